The highest BCUT2D eigenvalue weighted by Gasteiger charge is 2.21. The van der Waals surface area contributed by atoms with Crippen LogP contribution in [-0.2, 0) is 0 Å². The highest BCUT2D eigenvalue weighted by atomic mass is 16.5. The van der Waals surface area contributed by atoms with Crippen molar-refractivity contribution in [1.29, 1.82) is 0 Å². The standard InChI is InChI=1S/C20H24O5/c1-5-6-14-7-10-17(19(11-14)24-4)25-13(2)20(22)15-8-9-16(21)18(12-15)23-3/h5-13,20-22H,1-4H3/b6-5-/t13-,20+/m0/s1. The van der Waals surface area contributed by atoms with Gasteiger partial charge in [0.25, 0.3) is 0 Å². The van der Waals surface area contributed by atoms with E-state index in [0.29, 0.717) is 22.8 Å². The minimum Gasteiger partial charge on any atom is -0.504 e. The molecule has 0 radical (unpaired) electrons. The smallest absolute Gasteiger partial charge is 0.161 e. The van der Waals surface area contributed by atoms with Crippen LogP contribution in [0.25, 0.3) is 6.08 Å². The van der Waals surface area contributed by atoms with E-state index in [1.807, 2.05) is 37.3 Å². The number of methoxy groups -OCH3 is 2. The Balaban J connectivity index is 2.19. The Morgan fingerprint density at radius 3 is 2.32 bits per heavy atom. The van der Waals surface area contributed by atoms with Crippen LogP contribution >= 0.6 is 0 Å². The van der Waals surface area contributed by atoms with Crippen LogP contribution in [0.3, 0.4) is 0 Å². The number of allylic oxidation sites excluding steroid dienone is 1. The number of aliphatic hydroxyl groups excluding tert-OH is 1. The molecule has 2 atom stereocenters. The summed E-state index contributed by atoms with van der Waals surface area (Å²) < 4.78 is 16.3. The predicted molar refractivity (Wildman–Crippen MR) is 97.4 cm³/mol. The van der Waals surface area contributed by atoms with Crippen molar-refractivity contribution in [2.75, 3.05) is 14.2 Å². The SMILES string of the molecule is C/C=C\c1ccc(O[C@@H](C)[C@@H](O)c2ccc(O)c(OC)c2)c(OC)c1. The van der Waals surface area contributed by atoms with E-state index in [-0.39, 0.29) is 5.75 Å². The lowest BCUT2D eigenvalue weighted by atomic mass is 10.0. The summed E-state index contributed by atoms with van der Waals surface area (Å²) in [6, 6.07) is 10.3. The zero-order valence-corrected chi connectivity index (χ0v) is 14.9. The molecule has 25 heavy (non-hydrogen) atoms. The monoisotopic (exact) mass is 344 g/mol. The average Bonchev–Trinajstić information content (AvgIpc) is 2.62. The molecule has 0 saturated heterocycles. The lowest BCUT2D eigenvalue weighted by molar-refractivity contribution is 0.0450. The molecule has 2 aromatic rings. The van der Waals surface area contributed by atoms with Crippen LogP contribution in [0.5, 0.6) is 23.0 Å². The number of aliphatic hydroxyl groups is 1. The zero-order chi connectivity index (χ0) is 18.4. The molecule has 0 aliphatic carbocycles. The quantitative estimate of drug-likeness (QED) is 0.796. The van der Waals surface area contributed by atoms with Crippen molar-refractivity contribution in [3.05, 3.63) is 53.6 Å². The average molecular weight is 344 g/mol. The lowest BCUT2D eigenvalue weighted by Crippen LogP contribution is -2.22. The van der Waals surface area contributed by atoms with Crippen LogP contribution in [0.1, 0.15) is 31.1 Å². The number of ether oxygens (including phenoxy) is 3. The first-order valence-corrected chi connectivity index (χ1v) is 8.02. The van der Waals surface area contributed by atoms with Crippen LogP contribution in [0, 0.1) is 0 Å². The van der Waals surface area contributed by atoms with Crippen LogP contribution in [0.2, 0.25) is 0 Å². The van der Waals surface area contributed by atoms with Gasteiger partial charge in [-0.05, 0) is 49.2 Å². The summed E-state index contributed by atoms with van der Waals surface area (Å²) >= 11 is 0. The molecule has 0 unspecified atom stereocenters. The van der Waals surface area contributed by atoms with E-state index in [9.17, 15) is 10.2 Å². The highest BCUT2D eigenvalue weighted by molar-refractivity contribution is 5.55. The van der Waals surface area contributed by atoms with Crippen molar-refractivity contribution < 1.29 is 24.4 Å². The van der Waals surface area contributed by atoms with Crippen molar-refractivity contribution in [3.63, 3.8) is 0 Å². The molecule has 0 fully saturated rings. The molecule has 0 saturated carbocycles. The van der Waals surface area contributed by atoms with Gasteiger partial charge in [-0.2, -0.15) is 0 Å². The Kier molecular flexibility index (Phi) is 6.31. The topological polar surface area (TPSA) is 68.2 Å². The third-order valence-corrected chi connectivity index (χ3v) is 3.85. The predicted octanol–water partition coefficient (Wildman–Crippen LogP) is 3.94. The molecular formula is C20H24O5. The van der Waals surface area contributed by atoms with E-state index in [1.165, 1.54) is 13.2 Å². The molecule has 5 nitrogen and oxygen atoms in total. The van der Waals surface area contributed by atoms with Crippen molar-refractivity contribution in [2.45, 2.75) is 26.1 Å². The maximum absolute atomic E-state index is 10.5. The molecule has 5 heteroatoms. The van der Waals surface area contributed by atoms with Gasteiger partial charge in [-0.3, -0.25) is 0 Å². The molecule has 0 bridgehead atoms. The Bertz CT molecular complexity index is 739. The Morgan fingerprint density at radius 1 is 0.960 bits per heavy atom. The summed E-state index contributed by atoms with van der Waals surface area (Å²) in [5.41, 5.74) is 1.59. The Hall–Kier alpha value is -2.66. The number of aromatic hydroxyl groups is 1. The van der Waals surface area contributed by atoms with E-state index >= 15 is 0 Å². The van der Waals surface area contributed by atoms with E-state index in [2.05, 4.69) is 0 Å². The summed E-state index contributed by atoms with van der Waals surface area (Å²) in [5.74, 6) is 1.47. The van der Waals surface area contributed by atoms with Crippen LogP contribution < -0.4 is 14.2 Å². The van der Waals surface area contributed by atoms with E-state index in [4.69, 9.17) is 14.2 Å². The summed E-state index contributed by atoms with van der Waals surface area (Å²) in [6.07, 6.45) is 2.48. The fraction of sp³-hybridized carbons (Fsp3) is 0.300. The third-order valence-electron chi connectivity index (χ3n) is 3.85. The second-order valence-corrected chi connectivity index (χ2v) is 5.61. The van der Waals surface area contributed by atoms with Gasteiger partial charge in [-0.1, -0.05) is 24.3 Å². The number of phenols is 1. The summed E-state index contributed by atoms with van der Waals surface area (Å²) in [6.45, 7) is 3.71. The number of benzene rings is 2. The fourth-order valence-corrected chi connectivity index (χ4v) is 2.49. The minimum absolute atomic E-state index is 0.0215. The molecule has 0 aliphatic heterocycles. The van der Waals surface area contributed by atoms with E-state index in [0.717, 1.165) is 5.56 Å². The molecule has 0 aromatic heterocycles. The summed E-state index contributed by atoms with van der Waals surface area (Å²) in [4.78, 5) is 0. The van der Waals surface area contributed by atoms with Gasteiger partial charge in [0.1, 0.15) is 12.2 Å². The maximum atomic E-state index is 10.5. The van der Waals surface area contributed by atoms with Crippen molar-refractivity contribution >= 4 is 6.08 Å². The second-order valence-electron chi connectivity index (χ2n) is 5.61. The first-order chi connectivity index (χ1) is 12.0. The van der Waals surface area contributed by atoms with Crippen molar-refractivity contribution in [3.8, 4) is 23.0 Å². The molecule has 2 aromatic carbocycles. The van der Waals surface area contributed by atoms with Gasteiger partial charge in [0.2, 0.25) is 0 Å². The molecule has 2 rings (SSSR count). The molecule has 0 heterocycles. The minimum atomic E-state index is -0.894. The van der Waals surface area contributed by atoms with Gasteiger partial charge in [0.05, 0.1) is 14.2 Å². The number of hydrogen-bond donors (Lipinski definition) is 2. The number of hydrogen-bond acceptors (Lipinski definition) is 5. The fourth-order valence-electron chi connectivity index (χ4n) is 2.49. The van der Waals surface area contributed by atoms with Gasteiger partial charge in [0.15, 0.2) is 23.0 Å². The first kappa shape index (κ1) is 18.7. The summed E-state index contributed by atoms with van der Waals surface area (Å²) in [7, 11) is 3.04. The van der Waals surface area contributed by atoms with Gasteiger partial charge >= 0.3 is 0 Å². The van der Waals surface area contributed by atoms with E-state index < -0.39 is 12.2 Å². The normalized spacial score (nSPS) is 13.5. The first-order valence-electron chi connectivity index (χ1n) is 8.02. The van der Waals surface area contributed by atoms with Gasteiger partial charge in [0, 0.05) is 0 Å². The largest absolute Gasteiger partial charge is 0.504 e. The zero-order valence-electron chi connectivity index (χ0n) is 14.9. The van der Waals surface area contributed by atoms with Gasteiger partial charge in [-0.25, -0.2) is 0 Å². The number of rotatable bonds is 7. The van der Waals surface area contributed by atoms with Crippen LogP contribution in [0.4, 0.5) is 0 Å². The third kappa shape index (κ3) is 4.45. The van der Waals surface area contributed by atoms with Crippen LogP contribution in [-0.4, -0.2) is 30.5 Å². The number of phenolic OH excluding ortho intramolecular Hbond substituents is 1. The van der Waals surface area contributed by atoms with Crippen molar-refractivity contribution in [2.24, 2.45) is 0 Å². The summed E-state index contributed by atoms with van der Waals surface area (Å²) in [5, 5.41) is 20.2. The van der Waals surface area contributed by atoms with E-state index in [1.54, 1.807) is 26.2 Å². The molecule has 2 N–H and O–H groups in total. The Labute approximate surface area is 148 Å². The molecule has 134 valence electrons. The lowest BCUT2D eigenvalue weighted by Gasteiger charge is -2.22. The molecule has 0 spiro atoms. The Morgan fingerprint density at radius 2 is 1.68 bits per heavy atom. The van der Waals surface area contributed by atoms with Crippen molar-refractivity contribution in [1.82, 2.24) is 0 Å². The molecule has 0 amide bonds. The highest BCUT2D eigenvalue weighted by Crippen LogP contribution is 2.34. The maximum Gasteiger partial charge on any atom is 0.161 e. The van der Waals surface area contributed by atoms with Gasteiger partial charge < -0.3 is 24.4 Å². The van der Waals surface area contributed by atoms with Gasteiger partial charge in [-0.15, -0.1) is 0 Å². The molecular weight excluding hydrogens is 320 g/mol. The second kappa shape index (κ2) is 8.44. The van der Waals surface area contributed by atoms with Crippen LogP contribution in [0.15, 0.2) is 42.5 Å². The molecule has 0 aliphatic rings.